The van der Waals surface area contributed by atoms with Crippen molar-refractivity contribution in [3.05, 3.63) is 21.9 Å². The summed E-state index contributed by atoms with van der Waals surface area (Å²) in [6.07, 6.45) is 7.57. The predicted molar refractivity (Wildman–Crippen MR) is 130 cm³/mol. The molecule has 2 aliphatic rings. The Kier molecular flexibility index (Phi) is 10.5. The Bertz CT molecular complexity index is 601. The summed E-state index contributed by atoms with van der Waals surface area (Å²) in [5, 5.41) is 9.20. The minimum atomic E-state index is 0. The number of methoxy groups -OCH3 is 1. The molecule has 2 heterocycles. The molecule has 7 heteroatoms. The van der Waals surface area contributed by atoms with Gasteiger partial charge in [-0.3, -0.25) is 9.89 Å². The number of thiophene rings is 1. The molecular weight excluding hydrogens is 483 g/mol. The van der Waals surface area contributed by atoms with E-state index in [0.29, 0.717) is 5.41 Å². The monoisotopic (exact) mass is 520 g/mol. The number of guanidine groups is 1. The van der Waals surface area contributed by atoms with Gasteiger partial charge in [-0.05, 0) is 55.0 Å². The van der Waals surface area contributed by atoms with E-state index >= 15 is 0 Å². The van der Waals surface area contributed by atoms with Crippen LogP contribution >= 0.6 is 35.3 Å². The van der Waals surface area contributed by atoms with Crippen molar-refractivity contribution in [2.24, 2.45) is 10.4 Å². The second kappa shape index (κ2) is 12.3. The Morgan fingerprint density at radius 2 is 2.14 bits per heavy atom. The number of fused-ring (bicyclic) bond motifs is 1. The van der Waals surface area contributed by atoms with Crippen LogP contribution in [-0.4, -0.2) is 57.3 Å². The average molecular weight is 521 g/mol. The van der Waals surface area contributed by atoms with Crippen LogP contribution < -0.4 is 10.6 Å². The number of nitrogens with one attached hydrogen (secondary N) is 2. The SMILES string of the molecule is CCNC(=NCC1(CCOC)CCCC1)NCCN1CCc2sccc2C1.I. The van der Waals surface area contributed by atoms with E-state index in [1.807, 2.05) is 11.3 Å². The Morgan fingerprint density at radius 1 is 1.32 bits per heavy atom. The first-order valence-corrected chi connectivity index (χ1v) is 11.4. The van der Waals surface area contributed by atoms with Crippen molar-refractivity contribution in [3.8, 4) is 0 Å². The molecule has 5 nitrogen and oxygen atoms in total. The van der Waals surface area contributed by atoms with E-state index in [9.17, 15) is 0 Å². The van der Waals surface area contributed by atoms with Gasteiger partial charge in [0.15, 0.2) is 5.96 Å². The first-order valence-electron chi connectivity index (χ1n) is 10.5. The Hall–Kier alpha value is -0.380. The van der Waals surface area contributed by atoms with Gasteiger partial charge in [0.1, 0.15) is 0 Å². The van der Waals surface area contributed by atoms with Gasteiger partial charge >= 0.3 is 0 Å². The molecule has 0 spiro atoms. The minimum absolute atomic E-state index is 0. The maximum absolute atomic E-state index is 5.35. The van der Waals surface area contributed by atoms with Crippen LogP contribution in [0, 0.1) is 5.41 Å². The molecule has 1 aromatic rings. The zero-order valence-corrected chi connectivity index (χ0v) is 20.6. The molecule has 0 saturated heterocycles. The molecule has 1 saturated carbocycles. The van der Waals surface area contributed by atoms with Crippen LogP contribution in [0.5, 0.6) is 0 Å². The zero-order chi connectivity index (χ0) is 19.0. The highest BCUT2D eigenvalue weighted by atomic mass is 127. The molecule has 0 unspecified atom stereocenters. The van der Waals surface area contributed by atoms with Crippen LogP contribution in [0.4, 0.5) is 0 Å². The van der Waals surface area contributed by atoms with Gasteiger partial charge in [-0.15, -0.1) is 35.3 Å². The molecule has 1 aliphatic carbocycles. The fourth-order valence-corrected chi connectivity index (χ4v) is 5.24. The molecule has 0 radical (unpaired) electrons. The lowest BCUT2D eigenvalue weighted by atomic mass is 9.83. The molecule has 160 valence electrons. The van der Waals surface area contributed by atoms with Crippen LogP contribution in [0.15, 0.2) is 16.4 Å². The molecule has 0 bridgehead atoms. The summed E-state index contributed by atoms with van der Waals surface area (Å²) in [7, 11) is 1.80. The smallest absolute Gasteiger partial charge is 0.191 e. The van der Waals surface area contributed by atoms with Crippen molar-refractivity contribution in [2.75, 3.05) is 46.4 Å². The third kappa shape index (κ3) is 6.85. The molecule has 1 aliphatic heterocycles. The van der Waals surface area contributed by atoms with Crippen LogP contribution in [-0.2, 0) is 17.7 Å². The van der Waals surface area contributed by atoms with Crippen LogP contribution in [0.1, 0.15) is 49.5 Å². The first kappa shape index (κ1) is 23.9. The van der Waals surface area contributed by atoms with E-state index < -0.39 is 0 Å². The number of nitrogens with zero attached hydrogens (tertiary/aromatic N) is 2. The van der Waals surface area contributed by atoms with Crippen LogP contribution in [0.25, 0.3) is 0 Å². The number of rotatable bonds is 9. The summed E-state index contributed by atoms with van der Waals surface area (Å²) < 4.78 is 5.35. The molecule has 28 heavy (non-hydrogen) atoms. The summed E-state index contributed by atoms with van der Waals surface area (Å²) >= 11 is 1.91. The second-order valence-electron chi connectivity index (χ2n) is 7.97. The van der Waals surface area contributed by atoms with Crippen LogP contribution in [0.2, 0.25) is 0 Å². The van der Waals surface area contributed by atoms with Crippen molar-refractivity contribution in [3.63, 3.8) is 0 Å². The standard InChI is InChI=1S/C21H36N4OS.HI/c1-3-22-20(24-17-21(10-14-26-2)8-4-5-9-21)23-11-13-25-12-6-19-18(16-25)7-15-27-19;/h7,15H,3-6,8-14,16-17H2,1-2H3,(H2,22,23,24);1H. The van der Waals surface area contributed by atoms with Crippen molar-refractivity contribution in [1.82, 2.24) is 15.5 Å². The highest BCUT2D eigenvalue weighted by Crippen LogP contribution is 2.41. The average Bonchev–Trinajstić information content (AvgIpc) is 3.34. The van der Waals surface area contributed by atoms with E-state index in [0.717, 1.165) is 51.7 Å². The quantitative estimate of drug-likeness (QED) is 0.295. The number of hydrogen-bond acceptors (Lipinski definition) is 4. The van der Waals surface area contributed by atoms with Gasteiger partial charge < -0.3 is 15.4 Å². The number of aliphatic imine (C=N–C) groups is 1. The van der Waals surface area contributed by atoms with E-state index in [1.54, 1.807) is 12.0 Å². The Labute approximate surface area is 191 Å². The fraction of sp³-hybridized carbons (Fsp3) is 0.762. The summed E-state index contributed by atoms with van der Waals surface area (Å²) in [5.74, 6) is 0.967. The number of ether oxygens (including phenoxy) is 1. The Balaban J connectivity index is 0.00000280. The van der Waals surface area contributed by atoms with Crippen molar-refractivity contribution >= 4 is 41.3 Å². The zero-order valence-electron chi connectivity index (χ0n) is 17.5. The van der Waals surface area contributed by atoms with Gasteiger partial charge in [0, 0.05) is 57.9 Å². The minimum Gasteiger partial charge on any atom is -0.385 e. The molecule has 1 aromatic heterocycles. The maximum atomic E-state index is 5.35. The summed E-state index contributed by atoms with van der Waals surface area (Å²) in [6, 6.07) is 2.28. The first-order chi connectivity index (χ1) is 13.2. The molecule has 0 amide bonds. The van der Waals surface area contributed by atoms with Crippen LogP contribution in [0.3, 0.4) is 0 Å². The van der Waals surface area contributed by atoms with Crippen molar-refractivity contribution in [1.29, 1.82) is 0 Å². The van der Waals surface area contributed by atoms with Gasteiger partial charge in [-0.25, -0.2) is 0 Å². The third-order valence-electron chi connectivity index (χ3n) is 6.02. The molecule has 1 fully saturated rings. The van der Waals surface area contributed by atoms with Crippen molar-refractivity contribution < 1.29 is 4.74 Å². The van der Waals surface area contributed by atoms with E-state index in [4.69, 9.17) is 9.73 Å². The van der Waals surface area contributed by atoms with Gasteiger partial charge in [0.25, 0.3) is 0 Å². The van der Waals surface area contributed by atoms with E-state index in [-0.39, 0.29) is 24.0 Å². The van der Waals surface area contributed by atoms with Gasteiger partial charge in [-0.2, -0.15) is 0 Å². The van der Waals surface area contributed by atoms with Gasteiger partial charge in [0.2, 0.25) is 0 Å². The molecule has 2 N–H and O–H groups in total. The number of hydrogen-bond donors (Lipinski definition) is 2. The molecule has 0 aromatic carbocycles. The highest BCUT2D eigenvalue weighted by molar-refractivity contribution is 14.0. The summed E-state index contributed by atoms with van der Waals surface area (Å²) in [4.78, 5) is 9.07. The summed E-state index contributed by atoms with van der Waals surface area (Å²) in [5.41, 5.74) is 1.87. The topological polar surface area (TPSA) is 48.9 Å². The van der Waals surface area contributed by atoms with Gasteiger partial charge in [-0.1, -0.05) is 12.8 Å². The molecular formula is C21H37IN4OS. The summed E-state index contributed by atoms with van der Waals surface area (Å²) in [6.45, 7) is 9.06. The predicted octanol–water partition coefficient (Wildman–Crippen LogP) is 3.88. The normalized spacial score (nSPS) is 19.1. The Morgan fingerprint density at radius 3 is 2.89 bits per heavy atom. The lowest BCUT2D eigenvalue weighted by Gasteiger charge is -2.28. The number of halogens is 1. The largest absolute Gasteiger partial charge is 0.385 e. The lowest BCUT2D eigenvalue weighted by Crippen LogP contribution is -2.43. The third-order valence-corrected chi connectivity index (χ3v) is 7.05. The van der Waals surface area contributed by atoms with E-state index in [2.05, 4.69) is 33.9 Å². The van der Waals surface area contributed by atoms with Crippen molar-refractivity contribution in [2.45, 2.75) is 52.0 Å². The highest BCUT2D eigenvalue weighted by Gasteiger charge is 2.33. The van der Waals surface area contributed by atoms with Gasteiger partial charge in [0.05, 0.1) is 0 Å². The lowest BCUT2D eigenvalue weighted by molar-refractivity contribution is 0.141. The second-order valence-corrected chi connectivity index (χ2v) is 8.97. The molecule has 3 rings (SSSR count). The molecule has 0 atom stereocenters. The van der Waals surface area contributed by atoms with E-state index in [1.165, 1.54) is 44.2 Å². The fourth-order valence-electron chi connectivity index (χ4n) is 4.35. The maximum Gasteiger partial charge on any atom is 0.191 e.